The quantitative estimate of drug-likeness (QED) is 0.671. The predicted octanol–water partition coefficient (Wildman–Crippen LogP) is 4.15. The molecule has 0 aliphatic carbocycles. The molecule has 6 nitrogen and oxygen atoms in total. The highest BCUT2D eigenvalue weighted by Crippen LogP contribution is 2.24. The van der Waals surface area contributed by atoms with Gasteiger partial charge in [-0.1, -0.05) is 42.5 Å². The average Bonchev–Trinajstić information content (AvgIpc) is 2.73. The summed E-state index contributed by atoms with van der Waals surface area (Å²) in [5.74, 6) is 0.807. The van der Waals surface area contributed by atoms with Crippen molar-refractivity contribution in [2.45, 2.75) is 26.4 Å². The number of aromatic nitrogens is 2. The molecule has 0 bridgehead atoms. The first-order chi connectivity index (χ1) is 13.6. The van der Waals surface area contributed by atoms with Crippen LogP contribution in [-0.4, -0.2) is 29.0 Å². The van der Waals surface area contributed by atoms with E-state index in [0.717, 1.165) is 5.56 Å². The van der Waals surface area contributed by atoms with Gasteiger partial charge in [0, 0.05) is 18.8 Å². The highest BCUT2D eigenvalue weighted by molar-refractivity contribution is 6.03. The lowest BCUT2D eigenvalue weighted by molar-refractivity contribution is 0.102. The molecule has 0 saturated heterocycles. The van der Waals surface area contributed by atoms with E-state index in [-0.39, 0.29) is 11.9 Å². The van der Waals surface area contributed by atoms with E-state index in [1.807, 2.05) is 30.3 Å². The Labute approximate surface area is 165 Å². The molecule has 1 heterocycles. The summed E-state index contributed by atoms with van der Waals surface area (Å²) in [4.78, 5) is 23.7. The predicted molar refractivity (Wildman–Crippen MR) is 111 cm³/mol. The summed E-state index contributed by atoms with van der Waals surface area (Å²) >= 11 is 0. The van der Waals surface area contributed by atoms with Crippen LogP contribution in [0.2, 0.25) is 0 Å². The van der Waals surface area contributed by atoms with Crippen molar-refractivity contribution in [1.82, 2.24) is 9.97 Å². The van der Waals surface area contributed by atoms with Crippen LogP contribution in [0.4, 0.5) is 11.6 Å². The van der Waals surface area contributed by atoms with Gasteiger partial charge in [-0.2, -0.15) is 0 Å². The van der Waals surface area contributed by atoms with Crippen LogP contribution in [0.15, 0.2) is 66.9 Å². The van der Waals surface area contributed by atoms with Gasteiger partial charge in [-0.15, -0.1) is 0 Å². The van der Waals surface area contributed by atoms with Crippen LogP contribution in [0, 0.1) is 0 Å². The Morgan fingerprint density at radius 1 is 1.07 bits per heavy atom. The van der Waals surface area contributed by atoms with Crippen LogP contribution in [-0.2, 0) is 6.54 Å². The lowest BCUT2D eigenvalue weighted by Crippen LogP contribution is -2.32. The molecular weight excluding hydrogens is 352 g/mol. The summed E-state index contributed by atoms with van der Waals surface area (Å²) in [6, 6.07) is 19.2. The number of methoxy groups -OCH3 is 1. The Balaban J connectivity index is 1.82. The number of para-hydroxylation sites is 2. The Morgan fingerprint density at radius 2 is 1.79 bits per heavy atom. The van der Waals surface area contributed by atoms with Gasteiger partial charge in [0.25, 0.3) is 5.91 Å². The standard InChI is InChI=1S/C22H24N4O2/c1-16(2)26(15-17-9-5-4-6-10-17)22-23-14-13-19(25-22)21(27)24-18-11-7-8-12-20(18)28-3/h4-14,16H,15H2,1-3H3,(H,24,27). The Morgan fingerprint density at radius 3 is 2.50 bits per heavy atom. The largest absolute Gasteiger partial charge is 0.495 e. The summed E-state index contributed by atoms with van der Waals surface area (Å²) in [7, 11) is 1.57. The first-order valence-electron chi connectivity index (χ1n) is 9.16. The lowest BCUT2D eigenvalue weighted by atomic mass is 10.2. The van der Waals surface area contributed by atoms with Crippen LogP contribution in [0.3, 0.4) is 0 Å². The SMILES string of the molecule is COc1ccccc1NC(=O)c1ccnc(N(Cc2ccccc2)C(C)C)n1. The van der Waals surface area contributed by atoms with Crippen LogP contribution in [0.1, 0.15) is 29.9 Å². The van der Waals surface area contributed by atoms with E-state index >= 15 is 0 Å². The fourth-order valence-corrected chi connectivity index (χ4v) is 2.81. The number of ether oxygens (including phenoxy) is 1. The minimum Gasteiger partial charge on any atom is -0.495 e. The molecule has 1 amide bonds. The van der Waals surface area contributed by atoms with Crippen molar-refractivity contribution in [2.75, 3.05) is 17.3 Å². The van der Waals surface area contributed by atoms with Crippen molar-refractivity contribution >= 4 is 17.5 Å². The minimum absolute atomic E-state index is 0.174. The fourth-order valence-electron chi connectivity index (χ4n) is 2.81. The third-order valence-corrected chi connectivity index (χ3v) is 4.31. The van der Waals surface area contributed by atoms with E-state index in [0.29, 0.717) is 29.6 Å². The molecule has 0 atom stereocenters. The van der Waals surface area contributed by atoms with Gasteiger partial charge in [0.05, 0.1) is 12.8 Å². The molecule has 0 saturated carbocycles. The van der Waals surface area contributed by atoms with Crippen LogP contribution < -0.4 is 15.0 Å². The average molecular weight is 376 g/mol. The van der Waals surface area contributed by atoms with E-state index in [1.54, 1.807) is 31.5 Å². The Kier molecular flexibility index (Phi) is 6.22. The number of nitrogens with zero attached hydrogens (tertiary/aromatic N) is 3. The van der Waals surface area contributed by atoms with Crippen molar-refractivity contribution in [3.05, 3.63) is 78.1 Å². The minimum atomic E-state index is -0.309. The number of nitrogens with one attached hydrogen (secondary N) is 1. The highest BCUT2D eigenvalue weighted by Gasteiger charge is 2.17. The Bertz CT molecular complexity index is 929. The fraction of sp³-hybridized carbons (Fsp3) is 0.227. The van der Waals surface area contributed by atoms with E-state index in [4.69, 9.17) is 4.74 Å². The summed E-state index contributed by atoms with van der Waals surface area (Å²) < 4.78 is 5.29. The number of hydrogen-bond acceptors (Lipinski definition) is 5. The molecule has 3 rings (SSSR count). The van der Waals surface area contributed by atoms with Gasteiger partial charge in [-0.25, -0.2) is 9.97 Å². The van der Waals surface area contributed by atoms with Crippen molar-refractivity contribution < 1.29 is 9.53 Å². The van der Waals surface area contributed by atoms with E-state index < -0.39 is 0 Å². The summed E-state index contributed by atoms with van der Waals surface area (Å²) in [5, 5.41) is 2.85. The number of carbonyl (C=O) groups is 1. The van der Waals surface area contributed by atoms with E-state index in [1.165, 1.54) is 0 Å². The smallest absolute Gasteiger partial charge is 0.274 e. The van der Waals surface area contributed by atoms with Gasteiger partial charge in [-0.3, -0.25) is 4.79 Å². The molecule has 2 aromatic carbocycles. The van der Waals surface area contributed by atoms with Crippen LogP contribution >= 0.6 is 0 Å². The maximum Gasteiger partial charge on any atom is 0.274 e. The third-order valence-electron chi connectivity index (χ3n) is 4.31. The second kappa shape index (κ2) is 8.99. The van der Waals surface area contributed by atoms with Gasteiger partial charge in [0.15, 0.2) is 0 Å². The van der Waals surface area contributed by atoms with Gasteiger partial charge >= 0.3 is 0 Å². The number of carbonyl (C=O) groups excluding carboxylic acids is 1. The zero-order valence-electron chi connectivity index (χ0n) is 16.3. The molecule has 144 valence electrons. The van der Waals surface area contributed by atoms with Gasteiger partial charge in [0.1, 0.15) is 11.4 Å². The molecule has 1 N–H and O–H groups in total. The molecule has 3 aromatic rings. The molecule has 0 unspecified atom stereocenters. The second-order valence-electron chi connectivity index (χ2n) is 6.60. The molecule has 1 aromatic heterocycles. The third kappa shape index (κ3) is 4.65. The van der Waals surface area contributed by atoms with Gasteiger partial charge in [-0.05, 0) is 37.6 Å². The van der Waals surface area contributed by atoms with E-state index in [2.05, 4.69) is 46.2 Å². The van der Waals surface area contributed by atoms with Crippen LogP contribution in [0.5, 0.6) is 5.75 Å². The molecule has 0 radical (unpaired) electrons. The monoisotopic (exact) mass is 376 g/mol. The molecule has 6 heteroatoms. The summed E-state index contributed by atoms with van der Waals surface area (Å²) in [6.07, 6.45) is 1.61. The first-order valence-corrected chi connectivity index (χ1v) is 9.16. The molecule has 0 aliphatic heterocycles. The molecule has 0 aliphatic rings. The number of rotatable bonds is 7. The summed E-state index contributed by atoms with van der Waals surface area (Å²) in [6.45, 7) is 4.82. The Hall–Kier alpha value is -3.41. The van der Waals surface area contributed by atoms with Crippen molar-refractivity contribution in [1.29, 1.82) is 0 Å². The maximum absolute atomic E-state index is 12.7. The summed E-state index contributed by atoms with van der Waals surface area (Å²) in [5.41, 5.74) is 2.05. The topological polar surface area (TPSA) is 67.3 Å². The van der Waals surface area contributed by atoms with Gasteiger partial charge in [0.2, 0.25) is 5.95 Å². The zero-order valence-corrected chi connectivity index (χ0v) is 16.3. The van der Waals surface area contributed by atoms with E-state index in [9.17, 15) is 4.79 Å². The first kappa shape index (κ1) is 19.4. The number of benzene rings is 2. The molecule has 28 heavy (non-hydrogen) atoms. The van der Waals surface area contributed by atoms with Crippen LogP contribution in [0.25, 0.3) is 0 Å². The molecule has 0 spiro atoms. The lowest BCUT2D eigenvalue weighted by Gasteiger charge is -2.27. The molecule has 0 fully saturated rings. The highest BCUT2D eigenvalue weighted by atomic mass is 16.5. The number of hydrogen-bond donors (Lipinski definition) is 1. The number of anilines is 2. The normalized spacial score (nSPS) is 10.6. The second-order valence-corrected chi connectivity index (χ2v) is 6.60. The zero-order chi connectivity index (χ0) is 19.9. The van der Waals surface area contributed by atoms with Crippen molar-refractivity contribution in [3.8, 4) is 5.75 Å². The van der Waals surface area contributed by atoms with Crippen molar-refractivity contribution in [3.63, 3.8) is 0 Å². The van der Waals surface area contributed by atoms with Crippen molar-refractivity contribution in [2.24, 2.45) is 0 Å². The number of amides is 1. The van der Waals surface area contributed by atoms with Gasteiger partial charge < -0.3 is 15.0 Å². The maximum atomic E-state index is 12.7. The molecular formula is C22H24N4O2.